The molecule has 0 bridgehead atoms. The van der Waals surface area contributed by atoms with Gasteiger partial charge in [-0.05, 0) is 31.4 Å². The van der Waals surface area contributed by atoms with Crippen LogP contribution < -0.4 is 5.32 Å². The zero-order chi connectivity index (χ0) is 19.5. The van der Waals surface area contributed by atoms with E-state index in [1.807, 2.05) is 31.2 Å². The highest BCUT2D eigenvalue weighted by molar-refractivity contribution is 5.81. The minimum atomic E-state index is -4.60. The van der Waals surface area contributed by atoms with Crippen molar-refractivity contribution in [3.8, 4) is 0 Å². The number of benzene rings is 1. The van der Waals surface area contributed by atoms with E-state index in [-0.39, 0.29) is 6.54 Å². The summed E-state index contributed by atoms with van der Waals surface area (Å²) in [7, 11) is 0. The summed E-state index contributed by atoms with van der Waals surface area (Å²) in [5.41, 5.74) is 2.19. The van der Waals surface area contributed by atoms with Crippen molar-refractivity contribution in [2.24, 2.45) is 11.8 Å². The third-order valence-electron chi connectivity index (χ3n) is 4.97. The highest BCUT2D eigenvalue weighted by Crippen LogP contribution is 2.38. The number of aliphatic carboxylic acids is 1. The van der Waals surface area contributed by atoms with Crippen LogP contribution in [0.4, 0.5) is 13.2 Å². The predicted molar refractivity (Wildman–Crippen MR) is 89.6 cm³/mol. The van der Waals surface area contributed by atoms with Crippen molar-refractivity contribution in [2.75, 3.05) is 19.6 Å². The summed E-state index contributed by atoms with van der Waals surface area (Å²) in [6.45, 7) is 3.07. The van der Waals surface area contributed by atoms with Gasteiger partial charge in [0, 0.05) is 19.6 Å². The molecule has 1 amide bonds. The molecule has 0 aromatic heterocycles. The number of likely N-dealkylation sites (tertiary alicyclic amines) is 1. The summed E-state index contributed by atoms with van der Waals surface area (Å²) in [6, 6.07) is 6.92. The first-order valence-corrected chi connectivity index (χ1v) is 8.47. The molecule has 1 saturated heterocycles. The van der Waals surface area contributed by atoms with E-state index < -0.39 is 42.5 Å². The Labute approximate surface area is 150 Å². The summed E-state index contributed by atoms with van der Waals surface area (Å²) >= 11 is 0. The number of hydrogen-bond donors (Lipinski definition) is 2. The maximum absolute atomic E-state index is 13.0. The highest BCUT2D eigenvalue weighted by atomic mass is 19.4. The lowest BCUT2D eigenvalue weighted by atomic mass is 9.96. The Morgan fingerprint density at radius 3 is 2.50 bits per heavy atom. The van der Waals surface area contributed by atoms with Crippen molar-refractivity contribution in [1.82, 2.24) is 10.2 Å². The van der Waals surface area contributed by atoms with Crippen molar-refractivity contribution in [1.29, 1.82) is 0 Å². The largest absolute Gasteiger partial charge is 0.481 e. The third-order valence-corrected chi connectivity index (χ3v) is 4.97. The van der Waals surface area contributed by atoms with Gasteiger partial charge < -0.3 is 10.4 Å². The second kappa shape index (κ2) is 8.07. The molecule has 0 saturated carbocycles. The van der Waals surface area contributed by atoms with E-state index in [4.69, 9.17) is 5.11 Å². The Kier molecular flexibility index (Phi) is 6.28. The molecule has 1 heterocycles. The highest BCUT2D eigenvalue weighted by Gasteiger charge is 2.53. The van der Waals surface area contributed by atoms with Crippen LogP contribution in [0.15, 0.2) is 24.3 Å². The number of alkyl halides is 3. The maximum Gasteiger partial charge on any atom is 0.393 e. The molecule has 1 aliphatic rings. The van der Waals surface area contributed by atoms with Gasteiger partial charge in [-0.1, -0.05) is 24.3 Å². The normalized spacial score (nSPS) is 22.2. The minimum Gasteiger partial charge on any atom is -0.481 e. The Balaban J connectivity index is 1.91. The lowest BCUT2D eigenvalue weighted by Gasteiger charge is -2.23. The van der Waals surface area contributed by atoms with Gasteiger partial charge in [-0.15, -0.1) is 0 Å². The number of hydrogen-bond acceptors (Lipinski definition) is 3. The molecule has 0 spiro atoms. The van der Waals surface area contributed by atoms with Gasteiger partial charge in [0.25, 0.3) is 0 Å². The molecule has 1 aliphatic heterocycles. The SMILES string of the molecule is Cc1ccccc1CCNC(=O)C(C)N1C[C@@H](C(F)(F)F)[C@H](C(=O)O)C1. The average molecular weight is 372 g/mol. The van der Waals surface area contributed by atoms with Gasteiger partial charge in [-0.3, -0.25) is 14.5 Å². The van der Waals surface area contributed by atoms with Crippen molar-refractivity contribution in [2.45, 2.75) is 32.5 Å². The molecule has 1 aromatic carbocycles. The van der Waals surface area contributed by atoms with Crippen molar-refractivity contribution in [3.05, 3.63) is 35.4 Å². The number of nitrogens with zero attached hydrogens (tertiary/aromatic N) is 1. The molecule has 2 rings (SSSR count). The summed E-state index contributed by atoms with van der Waals surface area (Å²) < 4.78 is 39.1. The number of carboxylic acids is 1. The van der Waals surface area contributed by atoms with Crippen LogP contribution in [0.5, 0.6) is 0 Å². The van der Waals surface area contributed by atoms with Gasteiger partial charge in [-0.2, -0.15) is 13.2 Å². The molecule has 26 heavy (non-hydrogen) atoms. The van der Waals surface area contributed by atoms with Crippen molar-refractivity contribution in [3.63, 3.8) is 0 Å². The number of aryl methyl sites for hydroxylation is 1. The molecule has 0 aliphatic carbocycles. The first-order chi connectivity index (χ1) is 12.1. The lowest BCUT2D eigenvalue weighted by Crippen LogP contribution is -2.45. The number of amides is 1. The smallest absolute Gasteiger partial charge is 0.393 e. The van der Waals surface area contributed by atoms with E-state index in [9.17, 15) is 22.8 Å². The number of carboxylic acid groups (broad SMARTS) is 1. The average Bonchev–Trinajstić information content (AvgIpc) is 3.01. The lowest BCUT2D eigenvalue weighted by molar-refractivity contribution is -0.188. The Morgan fingerprint density at radius 1 is 1.31 bits per heavy atom. The maximum atomic E-state index is 13.0. The fourth-order valence-electron chi connectivity index (χ4n) is 3.26. The Hall–Kier alpha value is -2.09. The van der Waals surface area contributed by atoms with E-state index in [1.54, 1.807) is 0 Å². The molecule has 8 heteroatoms. The second-order valence-corrected chi connectivity index (χ2v) is 6.69. The number of nitrogens with one attached hydrogen (secondary N) is 1. The van der Waals surface area contributed by atoms with Crippen LogP contribution in [0.2, 0.25) is 0 Å². The van der Waals surface area contributed by atoms with E-state index >= 15 is 0 Å². The fraction of sp³-hybridized carbons (Fsp3) is 0.556. The van der Waals surface area contributed by atoms with E-state index in [2.05, 4.69) is 5.32 Å². The monoisotopic (exact) mass is 372 g/mol. The summed E-state index contributed by atoms with van der Waals surface area (Å²) in [5.74, 6) is -5.38. The van der Waals surface area contributed by atoms with Crippen LogP contribution in [0.3, 0.4) is 0 Å². The van der Waals surface area contributed by atoms with Crippen molar-refractivity contribution < 1.29 is 27.9 Å². The molecule has 3 atom stereocenters. The van der Waals surface area contributed by atoms with Gasteiger partial charge in [0.15, 0.2) is 0 Å². The molecule has 5 nitrogen and oxygen atoms in total. The van der Waals surface area contributed by atoms with Gasteiger partial charge in [0.05, 0.1) is 17.9 Å². The predicted octanol–water partition coefficient (Wildman–Crippen LogP) is 2.24. The summed E-state index contributed by atoms with van der Waals surface area (Å²) in [6.07, 6.45) is -3.98. The number of rotatable bonds is 6. The van der Waals surface area contributed by atoms with Crippen LogP contribution in [0.25, 0.3) is 0 Å². The minimum absolute atomic E-state index is 0.286. The van der Waals surface area contributed by atoms with Crippen molar-refractivity contribution >= 4 is 11.9 Å². The van der Waals surface area contributed by atoms with Crippen LogP contribution >= 0.6 is 0 Å². The Morgan fingerprint density at radius 2 is 1.96 bits per heavy atom. The van der Waals surface area contributed by atoms with Crippen LogP contribution in [-0.2, 0) is 16.0 Å². The molecule has 0 radical (unpaired) electrons. The van der Waals surface area contributed by atoms with Crippen LogP contribution in [-0.4, -0.2) is 53.7 Å². The van der Waals surface area contributed by atoms with E-state index in [1.165, 1.54) is 11.8 Å². The molecular formula is C18H23F3N2O3. The molecule has 1 unspecified atom stereocenters. The fourth-order valence-corrected chi connectivity index (χ4v) is 3.26. The van der Waals surface area contributed by atoms with Gasteiger partial charge in [0.1, 0.15) is 0 Å². The molecular weight excluding hydrogens is 349 g/mol. The Bertz CT molecular complexity index is 663. The number of carbonyl (C=O) groups is 2. The van der Waals surface area contributed by atoms with E-state index in [0.717, 1.165) is 11.1 Å². The number of carbonyl (C=O) groups excluding carboxylic acids is 1. The van der Waals surface area contributed by atoms with E-state index in [0.29, 0.717) is 13.0 Å². The second-order valence-electron chi connectivity index (χ2n) is 6.69. The summed E-state index contributed by atoms with van der Waals surface area (Å²) in [5, 5.41) is 11.8. The standard InChI is InChI=1S/C18H23F3N2O3/c1-11-5-3-4-6-13(11)7-8-22-16(24)12(2)23-9-14(17(25)26)15(10-23)18(19,20)21/h3-6,12,14-15H,7-10H2,1-2H3,(H,22,24)(H,25,26)/t12?,14-,15-/m1/s1. The van der Waals surface area contributed by atoms with Crippen LogP contribution in [0.1, 0.15) is 18.1 Å². The number of halogens is 3. The topological polar surface area (TPSA) is 69.6 Å². The first kappa shape index (κ1) is 20.2. The van der Waals surface area contributed by atoms with Gasteiger partial charge in [-0.25, -0.2) is 0 Å². The summed E-state index contributed by atoms with van der Waals surface area (Å²) in [4.78, 5) is 24.7. The zero-order valence-electron chi connectivity index (χ0n) is 14.7. The quantitative estimate of drug-likeness (QED) is 0.804. The molecule has 1 fully saturated rings. The van der Waals surface area contributed by atoms with Gasteiger partial charge >= 0.3 is 12.1 Å². The molecule has 144 valence electrons. The van der Waals surface area contributed by atoms with Gasteiger partial charge in [0.2, 0.25) is 5.91 Å². The zero-order valence-corrected chi connectivity index (χ0v) is 14.7. The van der Waals surface area contributed by atoms with Crippen LogP contribution in [0, 0.1) is 18.8 Å². The molecule has 2 N–H and O–H groups in total. The third kappa shape index (κ3) is 4.75. The molecule has 1 aromatic rings. The first-order valence-electron chi connectivity index (χ1n) is 8.47.